The van der Waals surface area contributed by atoms with Crippen molar-refractivity contribution in [1.29, 1.82) is 0 Å². The Morgan fingerprint density at radius 3 is 1.92 bits per heavy atom. The first-order valence-corrected chi connectivity index (χ1v) is 8.19. The Morgan fingerprint density at radius 1 is 1.08 bits per heavy atom. The fourth-order valence-corrected chi connectivity index (χ4v) is 2.41. The molecule has 25 heavy (non-hydrogen) atoms. The number of benzene rings is 1. The van der Waals surface area contributed by atoms with Gasteiger partial charge < -0.3 is 20.5 Å². The second kappa shape index (κ2) is 9.12. The molecule has 0 radical (unpaired) electrons. The largest absolute Gasteiger partial charge is 0.464 e. The number of nitrogens with two attached hydrogens (primary N) is 1. The van der Waals surface area contributed by atoms with Crippen LogP contribution < -0.4 is 11.1 Å². The van der Waals surface area contributed by atoms with E-state index in [1.165, 1.54) is 6.92 Å². The topological polar surface area (TPSA) is 108 Å². The lowest BCUT2D eigenvalue weighted by molar-refractivity contribution is -0.168. The van der Waals surface area contributed by atoms with E-state index >= 15 is 0 Å². The summed E-state index contributed by atoms with van der Waals surface area (Å²) >= 11 is 4.90. The summed E-state index contributed by atoms with van der Waals surface area (Å²) in [5.74, 6) is -2.30. The van der Waals surface area contributed by atoms with E-state index in [2.05, 4.69) is 5.32 Å². The van der Waals surface area contributed by atoms with Gasteiger partial charge in [0.2, 0.25) is 11.4 Å². The summed E-state index contributed by atoms with van der Waals surface area (Å²) in [6.07, 6.45) is -0.123. The van der Waals surface area contributed by atoms with E-state index in [0.29, 0.717) is 11.1 Å². The zero-order valence-corrected chi connectivity index (χ0v) is 15.3. The molecule has 0 heterocycles. The summed E-state index contributed by atoms with van der Waals surface area (Å²) in [7, 11) is 0. The van der Waals surface area contributed by atoms with Gasteiger partial charge in [0.25, 0.3) is 0 Å². The van der Waals surface area contributed by atoms with Gasteiger partial charge in [0.1, 0.15) is 4.99 Å². The first-order chi connectivity index (χ1) is 11.8. The van der Waals surface area contributed by atoms with Crippen LogP contribution in [-0.4, -0.2) is 41.6 Å². The molecule has 0 bridgehead atoms. The minimum atomic E-state index is -1.96. The van der Waals surface area contributed by atoms with Crippen molar-refractivity contribution >= 4 is 35.1 Å². The van der Waals surface area contributed by atoms with Gasteiger partial charge in [0.05, 0.1) is 13.2 Å². The van der Waals surface area contributed by atoms with Gasteiger partial charge in [0, 0.05) is 18.9 Å². The predicted molar refractivity (Wildman–Crippen MR) is 95.8 cm³/mol. The van der Waals surface area contributed by atoms with Gasteiger partial charge in [-0.15, -0.1) is 0 Å². The molecule has 1 amide bonds. The number of ether oxygens (including phenoxy) is 2. The Bertz CT molecular complexity index is 640. The van der Waals surface area contributed by atoms with Crippen molar-refractivity contribution < 1.29 is 23.9 Å². The van der Waals surface area contributed by atoms with Crippen molar-refractivity contribution in [3.63, 3.8) is 0 Å². The summed E-state index contributed by atoms with van der Waals surface area (Å²) in [5.41, 5.74) is 4.86. The zero-order valence-electron chi connectivity index (χ0n) is 14.5. The molecular formula is C17H22N2O5S. The van der Waals surface area contributed by atoms with Crippen molar-refractivity contribution in [2.45, 2.75) is 32.7 Å². The number of hydrogen-bond acceptors (Lipinski definition) is 6. The highest BCUT2D eigenvalue weighted by Crippen LogP contribution is 2.19. The summed E-state index contributed by atoms with van der Waals surface area (Å²) in [4.78, 5) is 36.9. The second-order valence-electron chi connectivity index (χ2n) is 5.27. The Balaban J connectivity index is 3.30. The third-order valence-electron chi connectivity index (χ3n) is 3.34. The molecule has 0 spiro atoms. The fraction of sp³-hybridized carbons (Fsp3) is 0.412. The average Bonchev–Trinajstić information content (AvgIpc) is 2.54. The van der Waals surface area contributed by atoms with Gasteiger partial charge in [-0.1, -0.05) is 36.5 Å². The highest BCUT2D eigenvalue weighted by molar-refractivity contribution is 7.80. The molecule has 0 saturated heterocycles. The molecule has 0 atom stereocenters. The molecule has 1 aromatic carbocycles. The molecule has 0 fully saturated rings. The molecule has 136 valence electrons. The summed E-state index contributed by atoms with van der Waals surface area (Å²) in [6.45, 7) is 4.54. The molecule has 0 unspecified atom stereocenters. The van der Waals surface area contributed by atoms with Crippen LogP contribution in [0.5, 0.6) is 0 Å². The Kier molecular flexibility index (Phi) is 7.50. The molecule has 0 aliphatic carbocycles. The van der Waals surface area contributed by atoms with Crippen LogP contribution in [-0.2, 0) is 30.3 Å². The lowest BCUT2D eigenvalue weighted by Crippen LogP contribution is -2.62. The second-order valence-corrected chi connectivity index (χ2v) is 5.71. The summed E-state index contributed by atoms with van der Waals surface area (Å²) in [5, 5.41) is 2.41. The number of esters is 2. The van der Waals surface area contributed by atoms with E-state index in [-0.39, 0.29) is 24.6 Å². The number of amides is 1. The number of hydrogen-bond donors (Lipinski definition) is 2. The minimum absolute atomic E-state index is 0.0555. The van der Waals surface area contributed by atoms with Crippen molar-refractivity contribution in [3.05, 3.63) is 35.4 Å². The molecule has 3 N–H and O–H groups in total. The van der Waals surface area contributed by atoms with E-state index in [9.17, 15) is 14.4 Å². The van der Waals surface area contributed by atoms with Crippen LogP contribution in [0.3, 0.4) is 0 Å². The fourth-order valence-electron chi connectivity index (χ4n) is 2.28. The maximum Gasteiger partial charge on any atom is 0.344 e. The van der Waals surface area contributed by atoms with Crippen LogP contribution in [0, 0.1) is 0 Å². The van der Waals surface area contributed by atoms with E-state index in [4.69, 9.17) is 27.4 Å². The van der Waals surface area contributed by atoms with Crippen LogP contribution in [0.25, 0.3) is 0 Å². The Labute approximate surface area is 151 Å². The molecule has 1 aromatic rings. The van der Waals surface area contributed by atoms with Gasteiger partial charge >= 0.3 is 11.9 Å². The van der Waals surface area contributed by atoms with Crippen molar-refractivity contribution in [1.82, 2.24) is 5.32 Å². The third kappa shape index (κ3) is 5.25. The van der Waals surface area contributed by atoms with Gasteiger partial charge in [-0.2, -0.15) is 0 Å². The lowest BCUT2D eigenvalue weighted by Gasteiger charge is -2.29. The molecule has 0 saturated carbocycles. The lowest BCUT2D eigenvalue weighted by atomic mass is 9.90. The summed E-state index contributed by atoms with van der Waals surface area (Å²) < 4.78 is 10.0. The third-order valence-corrected chi connectivity index (χ3v) is 3.58. The number of rotatable bonds is 8. The van der Waals surface area contributed by atoms with Gasteiger partial charge in [-0.3, -0.25) is 4.79 Å². The molecule has 0 aliphatic rings. The molecule has 8 heteroatoms. The Morgan fingerprint density at radius 2 is 1.56 bits per heavy atom. The highest BCUT2D eigenvalue weighted by Gasteiger charge is 2.50. The number of thiocarbonyl (C=S) groups is 1. The zero-order chi connectivity index (χ0) is 19.0. The van der Waals surface area contributed by atoms with Gasteiger partial charge in [-0.05, 0) is 19.4 Å². The SMILES string of the molecule is CCOC(=O)C(Cc1ccc(C(N)=S)cc1)(NC(C)=O)C(=O)OCC. The van der Waals surface area contributed by atoms with Crippen LogP contribution in [0.2, 0.25) is 0 Å². The quantitative estimate of drug-likeness (QED) is 0.399. The van der Waals surface area contributed by atoms with E-state index in [1.807, 2.05) is 0 Å². The van der Waals surface area contributed by atoms with Crippen LogP contribution >= 0.6 is 12.2 Å². The monoisotopic (exact) mass is 366 g/mol. The molecule has 0 aliphatic heterocycles. The minimum Gasteiger partial charge on any atom is -0.464 e. The van der Waals surface area contributed by atoms with Crippen molar-refractivity contribution in [3.8, 4) is 0 Å². The predicted octanol–water partition coefficient (Wildman–Crippen LogP) is 0.864. The number of carbonyl (C=O) groups excluding carboxylic acids is 3. The maximum absolute atomic E-state index is 12.5. The van der Waals surface area contributed by atoms with Crippen LogP contribution in [0.15, 0.2) is 24.3 Å². The van der Waals surface area contributed by atoms with Crippen molar-refractivity contribution in [2.75, 3.05) is 13.2 Å². The molecule has 1 rings (SSSR count). The Hall–Kier alpha value is -2.48. The number of carbonyl (C=O) groups is 3. The van der Waals surface area contributed by atoms with Crippen LogP contribution in [0.4, 0.5) is 0 Å². The molecule has 0 aromatic heterocycles. The first-order valence-electron chi connectivity index (χ1n) is 7.78. The smallest absolute Gasteiger partial charge is 0.344 e. The number of nitrogens with one attached hydrogen (secondary N) is 1. The molecular weight excluding hydrogens is 344 g/mol. The van der Waals surface area contributed by atoms with E-state index in [1.54, 1.807) is 38.1 Å². The van der Waals surface area contributed by atoms with E-state index in [0.717, 1.165) is 0 Å². The first kappa shape index (κ1) is 20.6. The normalized spacial score (nSPS) is 10.7. The van der Waals surface area contributed by atoms with E-state index < -0.39 is 23.4 Å². The maximum atomic E-state index is 12.5. The standard InChI is InChI=1S/C17H22N2O5S/c1-4-23-15(21)17(19-11(3)20,16(22)24-5-2)10-12-6-8-13(9-7-12)14(18)25/h6-9H,4-5,10H2,1-3H3,(H2,18,25)(H,19,20). The van der Waals surface area contributed by atoms with Crippen LogP contribution in [0.1, 0.15) is 31.9 Å². The summed E-state index contributed by atoms with van der Waals surface area (Å²) in [6, 6.07) is 6.69. The van der Waals surface area contributed by atoms with Crippen molar-refractivity contribution in [2.24, 2.45) is 5.73 Å². The average molecular weight is 366 g/mol. The molecule has 7 nitrogen and oxygen atoms in total. The van der Waals surface area contributed by atoms with Gasteiger partial charge in [-0.25, -0.2) is 9.59 Å². The van der Waals surface area contributed by atoms with Gasteiger partial charge in [0.15, 0.2) is 0 Å². The highest BCUT2D eigenvalue weighted by atomic mass is 32.1.